The molecule has 0 radical (unpaired) electrons. The van der Waals surface area contributed by atoms with Crippen LogP contribution in [0.3, 0.4) is 0 Å². The molecule has 0 rings (SSSR count). The molecule has 0 aliphatic carbocycles. The van der Waals surface area contributed by atoms with Gasteiger partial charge in [0.2, 0.25) is 0 Å². The predicted octanol–water partition coefficient (Wildman–Crippen LogP) is -3.97. The largest absolute Gasteiger partial charge is 0.394 e. The zero-order chi connectivity index (χ0) is 20.0. The fourth-order valence-corrected chi connectivity index (χ4v) is 0.991. The number of hydrogen-bond acceptors (Lipinski definition) is 14. The average Bonchev–Trinajstić information content (AvgIpc) is 2.54. The maximum Gasteiger partial charge on any atom is 0.294 e. The third-order valence-corrected chi connectivity index (χ3v) is 2.13. The van der Waals surface area contributed by atoms with E-state index in [2.05, 4.69) is 14.5 Å². The molecule has 0 heterocycles. The second kappa shape index (κ2) is 13.8. The zero-order valence-corrected chi connectivity index (χ0v) is 12.4. The fraction of sp³-hybridized carbons (Fsp3) is 1.00. The van der Waals surface area contributed by atoms with Crippen molar-refractivity contribution in [1.82, 2.24) is 0 Å². The Labute approximate surface area is 137 Å². The highest BCUT2D eigenvalue weighted by Gasteiger charge is 2.22. The molecule has 0 fully saturated rings. The van der Waals surface area contributed by atoms with Crippen molar-refractivity contribution in [3.8, 4) is 0 Å². The van der Waals surface area contributed by atoms with E-state index in [0.717, 1.165) is 0 Å². The second-order valence-electron chi connectivity index (χ2n) is 3.98. The van der Waals surface area contributed by atoms with Gasteiger partial charge in [0, 0.05) is 0 Å². The smallest absolute Gasteiger partial charge is 0.294 e. The number of nitrogens with zero attached hydrogens (tertiary/aromatic N) is 3. The van der Waals surface area contributed by atoms with Gasteiger partial charge in [-0.05, 0) is 0 Å². The second-order valence-corrected chi connectivity index (χ2v) is 3.98. The molecular weight excluding hydrogens is 362 g/mol. The summed E-state index contributed by atoms with van der Waals surface area (Å²) in [7, 11) is 0. The van der Waals surface area contributed by atoms with E-state index >= 15 is 0 Å². The van der Waals surface area contributed by atoms with Crippen LogP contribution < -0.4 is 0 Å². The van der Waals surface area contributed by atoms with Crippen molar-refractivity contribution < 1.29 is 55.3 Å². The molecule has 0 saturated carbocycles. The molecule has 17 heteroatoms. The van der Waals surface area contributed by atoms with Crippen molar-refractivity contribution in [3.05, 3.63) is 30.3 Å². The maximum absolute atomic E-state index is 9.83. The molecule has 2 atom stereocenters. The quantitative estimate of drug-likeness (QED) is 0.160. The molecule has 0 aliphatic rings. The van der Waals surface area contributed by atoms with Crippen LogP contribution in [0.2, 0.25) is 0 Å². The van der Waals surface area contributed by atoms with Crippen molar-refractivity contribution in [2.75, 3.05) is 26.4 Å². The highest BCUT2D eigenvalue weighted by Crippen LogP contribution is 1.98. The number of aliphatic hydroxyl groups excluding tert-OH is 5. The Morgan fingerprint density at radius 1 is 0.760 bits per heavy atom. The topological polar surface area (TPSA) is 258 Å². The molecule has 0 aromatic rings. The Balaban J connectivity index is 0. The van der Waals surface area contributed by atoms with Gasteiger partial charge in [0.05, 0.1) is 13.2 Å². The molecule has 0 amide bonds. The van der Waals surface area contributed by atoms with E-state index in [1.54, 1.807) is 0 Å². The first-order chi connectivity index (χ1) is 11.5. The van der Waals surface area contributed by atoms with Gasteiger partial charge in [-0.25, -0.2) is 0 Å². The molecule has 0 bridgehead atoms. The Morgan fingerprint density at radius 2 is 1.12 bits per heavy atom. The fourth-order valence-electron chi connectivity index (χ4n) is 0.991. The summed E-state index contributed by atoms with van der Waals surface area (Å²) >= 11 is 0. The van der Waals surface area contributed by atoms with Gasteiger partial charge in [-0.2, -0.15) is 0 Å². The Morgan fingerprint density at radius 3 is 1.36 bits per heavy atom. The van der Waals surface area contributed by atoms with Crippen LogP contribution in [0.15, 0.2) is 0 Å². The van der Waals surface area contributed by atoms with Crippen LogP contribution in [0.1, 0.15) is 0 Å². The lowest BCUT2D eigenvalue weighted by atomic mass is 10.1. The molecule has 17 nitrogen and oxygen atoms in total. The van der Waals surface area contributed by atoms with Gasteiger partial charge in [0.1, 0.15) is 31.5 Å². The van der Waals surface area contributed by atoms with Crippen LogP contribution in [0, 0.1) is 30.3 Å². The van der Waals surface area contributed by atoms with Gasteiger partial charge in [-0.15, -0.1) is 30.3 Å². The molecule has 0 saturated heterocycles. The van der Waals surface area contributed by atoms with Crippen molar-refractivity contribution in [2.24, 2.45) is 0 Å². The molecule has 0 aromatic heterocycles. The third-order valence-electron chi connectivity index (χ3n) is 2.13. The molecule has 2 unspecified atom stereocenters. The molecule has 148 valence electrons. The minimum atomic E-state index is -1.55. The van der Waals surface area contributed by atoms with Crippen molar-refractivity contribution in [2.45, 2.75) is 24.4 Å². The van der Waals surface area contributed by atoms with E-state index in [4.69, 9.17) is 25.5 Å². The van der Waals surface area contributed by atoms with Gasteiger partial charge in [-0.3, -0.25) is 0 Å². The van der Waals surface area contributed by atoms with Gasteiger partial charge in [-0.1, -0.05) is 0 Å². The van der Waals surface area contributed by atoms with Gasteiger partial charge >= 0.3 is 0 Å². The molecule has 25 heavy (non-hydrogen) atoms. The summed E-state index contributed by atoms with van der Waals surface area (Å²) in [6, 6.07) is 0. The van der Waals surface area contributed by atoms with E-state index < -0.39 is 66.1 Å². The Kier molecular flexibility index (Phi) is 13.6. The lowest BCUT2D eigenvalue weighted by molar-refractivity contribution is -0.803. The zero-order valence-electron chi connectivity index (χ0n) is 12.4. The summed E-state index contributed by atoms with van der Waals surface area (Å²) < 4.78 is 0. The summed E-state index contributed by atoms with van der Waals surface area (Å²) in [6.45, 7) is -2.97. The summed E-state index contributed by atoms with van der Waals surface area (Å²) in [4.78, 5) is 40.5. The number of aliphatic hydroxyl groups is 5. The first-order valence-corrected chi connectivity index (χ1v) is 6.16. The standard InChI is InChI=1S/C5H12O5.C3H5N3O9/c6-1-3(8)5(10)4(9)2-7;7-4(8)13-1-3(15-6(11)12)2-14-5(9)10/h3-10H,1-2H2;3H,1-2H2. The van der Waals surface area contributed by atoms with E-state index in [9.17, 15) is 30.3 Å². The molecule has 0 aromatic carbocycles. The lowest BCUT2D eigenvalue weighted by Crippen LogP contribution is -2.41. The van der Waals surface area contributed by atoms with Crippen LogP contribution in [-0.2, 0) is 14.5 Å². The van der Waals surface area contributed by atoms with Crippen LogP contribution in [0.25, 0.3) is 0 Å². The predicted molar refractivity (Wildman–Crippen MR) is 70.0 cm³/mol. The Bertz CT molecular complexity index is 380. The molecular formula is C8H17N3O14. The van der Waals surface area contributed by atoms with Crippen LogP contribution in [0.4, 0.5) is 0 Å². The van der Waals surface area contributed by atoms with E-state index in [-0.39, 0.29) is 0 Å². The summed E-state index contributed by atoms with van der Waals surface area (Å²) in [5, 5.41) is 68.1. The van der Waals surface area contributed by atoms with Crippen molar-refractivity contribution in [3.63, 3.8) is 0 Å². The maximum atomic E-state index is 9.83. The summed E-state index contributed by atoms with van der Waals surface area (Å²) in [5.41, 5.74) is 0. The van der Waals surface area contributed by atoms with Crippen LogP contribution in [0.5, 0.6) is 0 Å². The SMILES string of the molecule is O=[N+]([O-])OCC(CO[N+](=O)[O-])O[N+](=O)[O-].OCC(O)C(O)C(O)CO. The number of hydrogen-bond donors (Lipinski definition) is 5. The minimum absolute atomic E-state index is 0.641. The summed E-state index contributed by atoms with van der Waals surface area (Å²) in [6.07, 6.45) is -5.84. The van der Waals surface area contributed by atoms with Crippen molar-refractivity contribution in [1.29, 1.82) is 0 Å². The molecule has 0 spiro atoms. The van der Waals surface area contributed by atoms with Crippen molar-refractivity contribution >= 4 is 0 Å². The molecule has 5 N–H and O–H groups in total. The van der Waals surface area contributed by atoms with Gasteiger partial charge < -0.3 is 40.0 Å². The number of rotatable bonds is 12. The highest BCUT2D eigenvalue weighted by molar-refractivity contribution is 4.73. The van der Waals surface area contributed by atoms with E-state index in [1.165, 1.54) is 0 Å². The van der Waals surface area contributed by atoms with Gasteiger partial charge in [0.25, 0.3) is 15.3 Å². The lowest BCUT2D eigenvalue weighted by Gasteiger charge is -2.19. The highest BCUT2D eigenvalue weighted by atomic mass is 17.0. The third kappa shape index (κ3) is 14.7. The summed E-state index contributed by atoms with van der Waals surface area (Å²) in [5.74, 6) is 0. The normalized spacial score (nSPS) is 13.7. The molecule has 0 aliphatic heterocycles. The van der Waals surface area contributed by atoms with Crippen LogP contribution >= 0.6 is 0 Å². The average molecular weight is 379 g/mol. The van der Waals surface area contributed by atoms with Gasteiger partial charge in [0.15, 0.2) is 6.10 Å². The minimum Gasteiger partial charge on any atom is -0.394 e. The monoisotopic (exact) mass is 379 g/mol. The first kappa shape index (κ1) is 24.6. The van der Waals surface area contributed by atoms with Crippen LogP contribution in [-0.4, -0.2) is 91.6 Å². The van der Waals surface area contributed by atoms with E-state index in [1.807, 2.05) is 0 Å². The van der Waals surface area contributed by atoms with E-state index in [0.29, 0.717) is 0 Å². The Hall–Kier alpha value is -2.60. The first-order valence-electron chi connectivity index (χ1n) is 6.16.